The molecule has 27 heavy (non-hydrogen) atoms. The van der Waals surface area contributed by atoms with Crippen molar-refractivity contribution in [3.63, 3.8) is 0 Å². The van der Waals surface area contributed by atoms with E-state index in [9.17, 15) is 14.4 Å². The Morgan fingerprint density at radius 1 is 0.741 bits per heavy atom. The first-order valence-electron chi connectivity index (χ1n) is 8.87. The zero-order chi connectivity index (χ0) is 19.6. The molecule has 0 unspecified atom stereocenters. The molecule has 5 heteroatoms. The Labute approximate surface area is 156 Å². The first kappa shape index (κ1) is 18.6. The number of carbonyl (C=O) groups excluding carboxylic acids is 3. The maximum absolute atomic E-state index is 12.2. The van der Waals surface area contributed by atoms with Crippen LogP contribution in [0.2, 0.25) is 0 Å². The first-order chi connectivity index (χ1) is 13.0. The highest BCUT2D eigenvalue weighted by atomic mass is 16.5. The van der Waals surface area contributed by atoms with Crippen LogP contribution in [-0.4, -0.2) is 17.7 Å². The van der Waals surface area contributed by atoms with Crippen molar-refractivity contribution in [1.82, 2.24) is 0 Å². The van der Waals surface area contributed by atoms with Crippen LogP contribution in [-0.2, 0) is 9.59 Å². The molecule has 0 saturated carbocycles. The minimum atomic E-state index is -0.405. The Morgan fingerprint density at radius 3 is 1.81 bits per heavy atom. The number of fused-ring (bicyclic) bond motifs is 2. The van der Waals surface area contributed by atoms with Crippen LogP contribution in [0.3, 0.4) is 0 Å². The minimum Gasteiger partial charge on any atom is -0.425 e. The topological polar surface area (TPSA) is 69.7 Å². The van der Waals surface area contributed by atoms with Gasteiger partial charge in [0.05, 0.1) is 0 Å². The Morgan fingerprint density at radius 2 is 1.26 bits per heavy atom. The van der Waals surface area contributed by atoms with Gasteiger partial charge in [-0.15, -0.1) is 0 Å². The number of benzene rings is 3. The van der Waals surface area contributed by atoms with Crippen LogP contribution >= 0.6 is 0 Å². The molecular formula is C22H20O5. The number of esters is 2. The summed E-state index contributed by atoms with van der Waals surface area (Å²) in [6.07, 6.45) is 0.416. The summed E-state index contributed by atoms with van der Waals surface area (Å²) >= 11 is 0. The fourth-order valence-corrected chi connectivity index (χ4v) is 3.03. The zero-order valence-electron chi connectivity index (χ0n) is 15.5. The van der Waals surface area contributed by atoms with E-state index in [4.69, 9.17) is 9.47 Å². The van der Waals surface area contributed by atoms with E-state index in [0.717, 1.165) is 0 Å². The second-order valence-corrected chi connectivity index (χ2v) is 6.14. The van der Waals surface area contributed by atoms with Crippen LogP contribution < -0.4 is 9.47 Å². The van der Waals surface area contributed by atoms with Crippen LogP contribution in [0.15, 0.2) is 42.5 Å². The van der Waals surface area contributed by atoms with E-state index in [-0.39, 0.29) is 24.6 Å². The fourth-order valence-electron chi connectivity index (χ4n) is 3.03. The van der Waals surface area contributed by atoms with Gasteiger partial charge in [0.25, 0.3) is 0 Å². The van der Waals surface area contributed by atoms with Crippen LogP contribution in [0.1, 0.15) is 44.0 Å². The van der Waals surface area contributed by atoms with Crippen LogP contribution in [0.4, 0.5) is 0 Å². The number of Topliss-reactive ketones (excluding diaryl/α,β-unsaturated/α-hetero) is 1. The molecule has 3 rings (SSSR count). The van der Waals surface area contributed by atoms with E-state index in [1.165, 1.54) is 6.92 Å². The highest BCUT2D eigenvalue weighted by molar-refractivity contribution is 6.19. The number of rotatable bonds is 5. The number of ether oxygens (including phenoxy) is 2. The predicted molar refractivity (Wildman–Crippen MR) is 103 cm³/mol. The summed E-state index contributed by atoms with van der Waals surface area (Å²) in [6, 6.07) is 12.4. The smallest absolute Gasteiger partial charge is 0.310 e. The second-order valence-electron chi connectivity index (χ2n) is 6.14. The lowest BCUT2D eigenvalue weighted by molar-refractivity contribution is -0.134. The van der Waals surface area contributed by atoms with E-state index in [1.807, 2.05) is 6.07 Å². The van der Waals surface area contributed by atoms with Gasteiger partial charge in [-0.25, -0.2) is 0 Å². The van der Waals surface area contributed by atoms with Gasteiger partial charge in [-0.2, -0.15) is 0 Å². The van der Waals surface area contributed by atoms with Crippen molar-refractivity contribution in [2.75, 3.05) is 0 Å². The molecule has 0 radical (unpaired) electrons. The lowest BCUT2D eigenvalue weighted by Crippen LogP contribution is -2.10. The summed E-state index contributed by atoms with van der Waals surface area (Å²) < 4.78 is 11.3. The third-order valence-corrected chi connectivity index (χ3v) is 4.34. The lowest BCUT2D eigenvalue weighted by Gasteiger charge is -2.17. The van der Waals surface area contributed by atoms with Crippen LogP contribution in [0.5, 0.6) is 11.5 Å². The van der Waals surface area contributed by atoms with E-state index in [1.54, 1.807) is 50.2 Å². The van der Waals surface area contributed by atoms with E-state index < -0.39 is 5.97 Å². The van der Waals surface area contributed by atoms with Crippen LogP contribution in [0, 0.1) is 0 Å². The van der Waals surface area contributed by atoms with Crippen molar-refractivity contribution in [2.45, 2.75) is 33.6 Å². The van der Waals surface area contributed by atoms with Gasteiger partial charge in [-0.1, -0.05) is 56.3 Å². The number of carbonyl (C=O) groups is 3. The van der Waals surface area contributed by atoms with Gasteiger partial charge in [0, 0.05) is 39.9 Å². The highest BCUT2D eigenvalue weighted by Gasteiger charge is 2.22. The van der Waals surface area contributed by atoms with E-state index in [0.29, 0.717) is 38.6 Å². The molecular weight excluding hydrogens is 344 g/mol. The predicted octanol–water partition coefficient (Wildman–Crippen LogP) is 4.83. The third kappa shape index (κ3) is 3.40. The van der Waals surface area contributed by atoms with Crippen molar-refractivity contribution in [3.05, 3.63) is 48.0 Å². The highest BCUT2D eigenvalue weighted by Crippen LogP contribution is 2.44. The number of hydrogen-bond donors (Lipinski definition) is 0. The molecule has 0 aliphatic rings. The normalized spacial score (nSPS) is 10.8. The van der Waals surface area contributed by atoms with Gasteiger partial charge in [-0.05, 0) is 6.92 Å². The zero-order valence-corrected chi connectivity index (χ0v) is 15.5. The molecule has 0 amide bonds. The molecule has 0 aliphatic heterocycles. The van der Waals surface area contributed by atoms with E-state index in [2.05, 4.69) is 0 Å². The monoisotopic (exact) mass is 364 g/mol. The maximum atomic E-state index is 12.2. The quantitative estimate of drug-likeness (QED) is 0.281. The van der Waals surface area contributed by atoms with Crippen molar-refractivity contribution < 1.29 is 23.9 Å². The average molecular weight is 364 g/mol. The molecule has 0 fully saturated rings. The summed E-state index contributed by atoms with van der Waals surface area (Å²) in [6.45, 7) is 4.87. The third-order valence-electron chi connectivity index (χ3n) is 4.34. The molecule has 0 bridgehead atoms. The molecule has 0 aromatic heterocycles. The summed E-state index contributed by atoms with van der Waals surface area (Å²) in [4.78, 5) is 36.3. The summed E-state index contributed by atoms with van der Waals surface area (Å²) in [7, 11) is 0. The van der Waals surface area contributed by atoms with Crippen molar-refractivity contribution in [3.8, 4) is 11.5 Å². The molecule has 138 valence electrons. The molecule has 3 aromatic rings. The van der Waals surface area contributed by atoms with Gasteiger partial charge in [0.1, 0.15) is 11.5 Å². The van der Waals surface area contributed by atoms with E-state index >= 15 is 0 Å². The Hall–Kier alpha value is -3.21. The molecule has 0 atom stereocenters. The molecule has 5 nitrogen and oxygen atoms in total. The lowest BCUT2D eigenvalue weighted by atomic mass is 9.95. The SMILES string of the molecule is CCC(=O)Oc1c2ccccc2c(OC(=O)CC)c2c(C(C)=O)cccc12. The first-order valence-corrected chi connectivity index (χ1v) is 8.87. The fraction of sp³-hybridized carbons (Fsp3) is 0.227. The Bertz CT molecular complexity index is 1070. The van der Waals surface area contributed by atoms with Crippen molar-refractivity contribution in [2.24, 2.45) is 0 Å². The Balaban J connectivity index is 2.50. The summed E-state index contributed by atoms with van der Waals surface area (Å²) in [5.41, 5.74) is 0.408. The van der Waals surface area contributed by atoms with Crippen molar-refractivity contribution in [1.29, 1.82) is 0 Å². The number of ketones is 1. The van der Waals surface area contributed by atoms with Crippen LogP contribution in [0.25, 0.3) is 21.5 Å². The standard InChI is InChI=1S/C22H20O5/c1-4-18(24)26-21-15-9-6-7-10-16(15)22(27-19(25)5-2)20-14(13(3)23)11-8-12-17(20)21/h6-12H,4-5H2,1-3H3. The summed E-state index contributed by atoms with van der Waals surface area (Å²) in [5, 5.41) is 2.29. The minimum absolute atomic E-state index is 0.169. The molecule has 3 aromatic carbocycles. The van der Waals surface area contributed by atoms with Gasteiger partial charge in [0.2, 0.25) is 0 Å². The van der Waals surface area contributed by atoms with Gasteiger partial charge >= 0.3 is 11.9 Å². The molecule has 0 aliphatic carbocycles. The largest absolute Gasteiger partial charge is 0.425 e. The maximum Gasteiger partial charge on any atom is 0.310 e. The number of hydrogen-bond acceptors (Lipinski definition) is 5. The molecule has 0 heterocycles. The summed E-state index contributed by atoms with van der Waals surface area (Å²) in [5.74, 6) is -0.273. The van der Waals surface area contributed by atoms with Gasteiger partial charge in [0.15, 0.2) is 5.78 Å². The van der Waals surface area contributed by atoms with Crippen molar-refractivity contribution >= 4 is 39.3 Å². The molecule has 0 saturated heterocycles. The Kier molecular flexibility index (Phi) is 5.21. The second kappa shape index (κ2) is 7.58. The average Bonchev–Trinajstić information content (AvgIpc) is 2.69. The molecule has 0 spiro atoms. The molecule has 0 N–H and O–H groups in total. The van der Waals surface area contributed by atoms with Gasteiger partial charge < -0.3 is 9.47 Å². The van der Waals surface area contributed by atoms with Gasteiger partial charge in [-0.3, -0.25) is 14.4 Å².